The van der Waals surface area contributed by atoms with Crippen molar-refractivity contribution in [1.82, 2.24) is 0 Å². The van der Waals surface area contributed by atoms with E-state index >= 15 is 0 Å². The van der Waals surface area contributed by atoms with Gasteiger partial charge in [0, 0.05) is 19.0 Å². The molecule has 2 saturated heterocycles. The van der Waals surface area contributed by atoms with Gasteiger partial charge in [0.2, 0.25) is 0 Å². The minimum Gasteiger partial charge on any atom is -0.379 e. The molecule has 0 aromatic heterocycles. The quantitative estimate of drug-likeness (QED) is 0.613. The summed E-state index contributed by atoms with van der Waals surface area (Å²) >= 11 is 1.82. The lowest BCUT2D eigenvalue weighted by atomic mass is 10.2. The summed E-state index contributed by atoms with van der Waals surface area (Å²) in [5.41, 5.74) is 0. The Morgan fingerprint density at radius 2 is 2.08 bits per heavy atom. The molecular formula is C8H14O3S. The first kappa shape index (κ1) is 8.81. The molecule has 0 radical (unpaired) electrons. The van der Waals surface area contributed by atoms with Gasteiger partial charge in [-0.3, -0.25) is 0 Å². The molecule has 0 saturated carbocycles. The smallest absolute Gasteiger partial charge is 0.108 e. The van der Waals surface area contributed by atoms with Crippen molar-refractivity contribution in [3.05, 3.63) is 0 Å². The molecule has 0 aromatic carbocycles. The van der Waals surface area contributed by atoms with Crippen molar-refractivity contribution in [2.24, 2.45) is 0 Å². The van der Waals surface area contributed by atoms with Crippen molar-refractivity contribution in [3.63, 3.8) is 0 Å². The maximum absolute atomic E-state index is 5.62. The van der Waals surface area contributed by atoms with Gasteiger partial charge in [-0.1, -0.05) is 0 Å². The largest absolute Gasteiger partial charge is 0.379 e. The van der Waals surface area contributed by atoms with Gasteiger partial charge in [-0.15, -0.1) is 11.8 Å². The molecule has 2 atom stereocenters. The maximum Gasteiger partial charge on any atom is 0.108 e. The zero-order valence-electron chi connectivity index (χ0n) is 7.03. The predicted molar refractivity (Wildman–Crippen MR) is 47.4 cm³/mol. The summed E-state index contributed by atoms with van der Waals surface area (Å²) in [6.45, 7) is 2.34. The van der Waals surface area contributed by atoms with Crippen LogP contribution >= 0.6 is 11.8 Å². The highest BCUT2D eigenvalue weighted by atomic mass is 32.2. The van der Waals surface area contributed by atoms with Crippen LogP contribution in [0.4, 0.5) is 0 Å². The lowest BCUT2D eigenvalue weighted by Crippen LogP contribution is -2.33. The van der Waals surface area contributed by atoms with Crippen LogP contribution in [0.2, 0.25) is 0 Å². The Balaban J connectivity index is 1.83. The van der Waals surface area contributed by atoms with E-state index in [2.05, 4.69) is 0 Å². The second kappa shape index (κ2) is 4.46. The Bertz CT molecular complexity index is 128. The molecule has 0 aliphatic carbocycles. The third-order valence-electron chi connectivity index (χ3n) is 2.11. The van der Waals surface area contributed by atoms with Crippen molar-refractivity contribution < 1.29 is 14.2 Å². The third-order valence-corrected chi connectivity index (χ3v) is 2.98. The summed E-state index contributed by atoms with van der Waals surface area (Å²) in [5.74, 6) is 1.86. The SMILES string of the molecule is C1COCC(C2CSCO2)OC1. The molecule has 2 rings (SSSR count). The van der Waals surface area contributed by atoms with E-state index in [1.54, 1.807) is 0 Å². The topological polar surface area (TPSA) is 27.7 Å². The Morgan fingerprint density at radius 3 is 2.92 bits per heavy atom. The van der Waals surface area contributed by atoms with Gasteiger partial charge in [-0.05, 0) is 6.42 Å². The standard InChI is InChI=1S/C8H14O3S/c1-2-9-4-7(10-3-1)8-5-12-6-11-8/h7-8H,1-6H2. The number of hydrogen-bond acceptors (Lipinski definition) is 4. The van der Waals surface area contributed by atoms with Crippen LogP contribution in [0.3, 0.4) is 0 Å². The highest BCUT2D eigenvalue weighted by molar-refractivity contribution is 7.99. The number of ether oxygens (including phenoxy) is 3. The van der Waals surface area contributed by atoms with Gasteiger partial charge in [0.1, 0.15) is 6.10 Å². The van der Waals surface area contributed by atoms with Crippen LogP contribution in [0.25, 0.3) is 0 Å². The number of thioether (sulfide) groups is 1. The minimum absolute atomic E-state index is 0.169. The monoisotopic (exact) mass is 190 g/mol. The van der Waals surface area contributed by atoms with Crippen LogP contribution in [0.15, 0.2) is 0 Å². The molecule has 2 fully saturated rings. The van der Waals surface area contributed by atoms with Crippen LogP contribution in [0.5, 0.6) is 0 Å². The molecule has 2 unspecified atom stereocenters. The number of rotatable bonds is 1. The highest BCUT2D eigenvalue weighted by Crippen LogP contribution is 2.21. The van der Waals surface area contributed by atoms with E-state index in [1.165, 1.54) is 0 Å². The molecule has 0 spiro atoms. The fourth-order valence-corrected chi connectivity index (χ4v) is 2.33. The molecular weight excluding hydrogens is 176 g/mol. The molecule has 3 nitrogen and oxygen atoms in total. The molecule has 70 valence electrons. The summed E-state index contributed by atoms with van der Waals surface area (Å²) in [5, 5.41) is 0. The Hall–Kier alpha value is 0.230. The molecule has 0 amide bonds. The predicted octanol–water partition coefficient (Wildman–Crippen LogP) is 0.881. The van der Waals surface area contributed by atoms with Crippen LogP contribution in [-0.4, -0.2) is 43.7 Å². The summed E-state index contributed by atoms with van der Waals surface area (Å²) in [6.07, 6.45) is 1.44. The van der Waals surface area contributed by atoms with E-state index in [1.807, 2.05) is 11.8 Å². The van der Waals surface area contributed by atoms with Gasteiger partial charge >= 0.3 is 0 Å². The van der Waals surface area contributed by atoms with E-state index in [0.717, 1.165) is 31.3 Å². The molecule has 12 heavy (non-hydrogen) atoms. The van der Waals surface area contributed by atoms with Gasteiger partial charge < -0.3 is 14.2 Å². The molecule has 2 aliphatic rings. The van der Waals surface area contributed by atoms with E-state index in [-0.39, 0.29) is 12.2 Å². The van der Waals surface area contributed by atoms with E-state index in [0.29, 0.717) is 6.61 Å². The summed E-state index contributed by atoms with van der Waals surface area (Å²) in [7, 11) is 0. The maximum atomic E-state index is 5.62. The molecule has 0 bridgehead atoms. The molecule has 0 N–H and O–H groups in total. The summed E-state index contributed by atoms with van der Waals surface area (Å²) < 4.78 is 16.5. The van der Waals surface area contributed by atoms with E-state index in [9.17, 15) is 0 Å². The first-order valence-corrected chi connectivity index (χ1v) is 5.51. The molecule has 4 heteroatoms. The van der Waals surface area contributed by atoms with Gasteiger partial charge in [-0.25, -0.2) is 0 Å². The van der Waals surface area contributed by atoms with Crippen LogP contribution in [0, 0.1) is 0 Å². The van der Waals surface area contributed by atoms with Crippen LogP contribution in [0.1, 0.15) is 6.42 Å². The normalized spacial score (nSPS) is 38.0. The van der Waals surface area contributed by atoms with Crippen molar-refractivity contribution in [1.29, 1.82) is 0 Å². The fraction of sp³-hybridized carbons (Fsp3) is 1.00. The zero-order valence-corrected chi connectivity index (χ0v) is 7.85. The lowest BCUT2D eigenvalue weighted by Gasteiger charge is -2.19. The van der Waals surface area contributed by atoms with Crippen molar-refractivity contribution in [3.8, 4) is 0 Å². The van der Waals surface area contributed by atoms with Gasteiger partial charge in [0.05, 0.1) is 18.6 Å². The van der Waals surface area contributed by atoms with Crippen LogP contribution in [-0.2, 0) is 14.2 Å². The summed E-state index contributed by atoms with van der Waals surface area (Å²) in [6, 6.07) is 0. The zero-order chi connectivity index (χ0) is 8.23. The van der Waals surface area contributed by atoms with Crippen molar-refractivity contribution >= 4 is 11.8 Å². The van der Waals surface area contributed by atoms with Gasteiger partial charge in [0.15, 0.2) is 0 Å². The average molecular weight is 190 g/mol. The Morgan fingerprint density at radius 1 is 1.08 bits per heavy atom. The minimum atomic E-state index is 0.169. The van der Waals surface area contributed by atoms with Gasteiger partial charge in [-0.2, -0.15) is 0 Å². The second-order valence-electron chi connectivity index (χ2n) is 3.03. The fourth-order valence-electron chi connectivity index (χ4n) is 1.42. The average Bonchev–Trinajstić information content (AvgIpc) is 2.48. The molecule has 0 aromatic rings. The molecule has 2 aliphatic heterocycles. The van der Waals surface area contributed by atoms with Gasteiger partial charge in [0.25, 0.3) is 0 Å². The highest BCUT2D eigenvalue weighted by Gasteiger charge is 2.28. The Kier molecular flexibility index (Phi) is 3.28. The number of hydrogen-bond donors (Lipinski definition) is 0. The third kappa shape index (κ3) is 2.13. The first-order chi connectivity index (χ1) is 5.97. The summed E-state index contributed by atoms with van der Waals surface area (Å²) in [4.78, 5) is 0. The van der Waals surface area contributed by atoms with Crippen molar-refractivity contribution in [2.75, 3.05) is 31.5 Å². The lowest BCUT2D eigenvalue weighted by molar-refractivity contribution is -0.0586. The van der Waals surface area contributed by atoms with Crippen LogP contribution < -0.4 is 0 Å². The van der Waals surface area contributed by atoms with Crippen molar-refractivity contribution in [2.45, 2.75) is 18.6 Å². The first-order valence-electron chi connectivity index (χ1n) is 4.35. The second-order valence-corrected chi connectivity index (χ2v) is 4.01. The molecule has 2 heterocycles. The Labute approximate surface area is 76.7 Å². The van der Waals surface area contributed by atoms with E-state index < -0.39 is 0 Å². The van der Waals surface area contributed by atoms with E-state index in [4.69, 9.17) is 14.2 Å².